The zero-order valence-electron chi connectivity index (χ0n) is 12.6. The molecule has 0 bridgehead atoms. The molecule has 0 unspecified atom stereocenters. The first-order valence-corrected chi connectivity index (χ1v) is 7.15. The molecule has 3 nitrogen and oxygen atoms in total. The Bertz CT molecular complexity index is 407. The molecular formula is C16H26N2O. The number of nitrogens with zero attached hydrogens (tertiary/aromatic N) is 1. The van der Waals surface area contributed by atoms with Crippen LogP contribution in [0.15, 0.2) is 18.2 Å². The van der Waals surface area contributed by atoms with E-state index < -0.39 is 0 Å². The molecule has 0 saturated carbocycles. The van der Waals surface area contributed by atoms with E-state index in [0.29, 0.717) is 11.3 Å². The molecule has 0 aromatic heterocycles. The van der Waals surface area contributed by atoms with Crippen LogP contribution in [-0.4, -0.2) is 23.4 Å². The van der Waals surface area contributed by atoms with Gasteiger partial charge in [0.1, 0.15) is 0 Å². The number of amides is 1. The molecule has 0 fully saturated rings. The van der Waals surface area contributed by atoms with Gasteiger partial charge >= 0.3 is 0 Å². The number of hydrogen-bond donors (Lipinski definition) is 1. The van der Waals surface area contributed by atoms with Gasteiger partial charge in [0.15, 0.2) is 0 Å². The number of carbonyl (C=O) groups excluding carboxylic acids is 1. The van der Waals surface area contributed by atoms with Gasteiger partial charge in [-0.3, -0.25) is 4.79 Å². The lowest BCUT2D eigenvalue weighted by Crippen LogP contribution is -2.38. The molecule has 106 valence electrons. The van der Waals surface area contributed by atoms with E-state index >= 15 is 0 Å². The summed E-state index contributed by atoms with van der Waals surface area (Å²) in [5.74, 6) is 0.0571. The summed E-state index contributed by atoms with van der Waals surface area (Å²) in [5.41, 5.74) is 8.15. The van der Waals surface area contributed by atoms with Gasteiger partial charge in [0.05, 0.1) is 5.56 Å². The van der Waals surface area contributed by atoms with Gasteiger partial charge in [-0.05, 0) is 38.8 Å². The average molecular weight is 262 g/mol. The lowest BCUT2D eigenvalue weighted by Gasteiger charge is -2.28. The Balaban J connectivity index is 2.93. The molecule has 2 N–H and O–H groups in total. The highest BCUT2D eigenvalue weighted by molar-refractivity contribution is 6.00. The minimum atomic E-state index is 0.0571. The Hall–Kier alpha value is -1.51. The zero-order chi connectivity index (χ0) is 14.4. The van der Waals surface area contributed by atoms with Gasteiger partial charge in [0.2, 0.25) is 0 Å². The number of benzene rings is 1. The molecule has 1 amide bonds. The van der Waals surface area contributed by atoms with Gasteiger partial charge in [0, 0.05) is 18.3 Å². The Kier molecular flexibility index (Phi) is 5.87. The highest BCUT2D eigenvalue weighted by Gasteiger charge is 2.21. The number of anilines is 1. The molecule has 0 aliphatic heterocycles. The van der Waals surface area contributed by atoms with Gasteiger partial charge in [0.25, 0.3) is 5.91 Å². The first-order chi connectivity index (χ1) is 8.99. The normalized spacial score (nSPS) is 10.8. The van der Waals surface area contributed by atoms with Crippen LogP contribution < -0.4 is 5.73 Å². The van der Waals surface area contributed by atoms with E-state index in [0.717, 1.165) is 31.4 Å². The number of nitrogen functional groups attached to an aromatic ring is 1. The summed E-state index contributed by atoms with van der Waals surface area (Å²) >= 11 is 0. The van der Waals surface area contributed by atoms with Crippen molar-refractivity contribution < 1.29 is 4.79 Å². The first-order valence-electron chi connectivity index (χ1n) is 7.15. The molecule has 0 heterocycles. The van der Waals surface area contributed by atoms with Crippen LogP contribution in [0.1, 0.15) is 56.0 Å². The van der Waals surface area contributed by atoms with Crippen LogP contribution in [0.2, 0.25) is 0 Å². The molecule has 3 heteroatoms. The molecular weight excluding hydrogens is 236 g/mol. The van der Waals surface area contributed by atoms with Crippen LogP contribution in [0.4, 0.5) is 5.69 Å². The predicted molar refractivity (Wildman–Crippen MR) is 81.3 cm³/mol. The monoisotopic (exact) mass is 262 g/mol. The van der Waals surface area contributed by atoms with Crippen molar-refractivity contribution in [2.24, 2.45) is 0 Å². The Morgan fingerprint density at radius 1 is 1.32 bits per heavy atom. The summed E-state index contributed by atoms with van der Waals surface area (Å²) in [5, 5.41) is 0. The maximum Gasteiger partial charge on any atom is 0.256 e. The van der Waals surface area contributed by atoms with Gasteiger partial charge in [-0.15, -0.1) is 0 Å². The molecule has 0 spiro atoms. The van der Waals surface area contributed by atoms with Crippen molar-refractivity contribution in [1.82, 2.24) is 4.90 Å². The highest BCUT2D eigenvalue weighted by atomic mass is 16.2. The lowest BCUT2D eigenvalue weighted by atomic mass is 10.0. The summed E-state index contributed by atoms with van der Waals surface area (Å²) in [4.78, 5) is 14.6. The van der Waals surface area contributed by atoms with E-state index in [1.54, 1.807) is 6.07 Å². The molecule has 1 rings (SSSR count). The highest BCUT2D eigenvalue weighted by Crippen LogP contribution is 2.20. The lowest BCUT2D eigenvalue weighted by molar-refractivity contribution is 0.0702. The molecule has 1 aromatic rings. The summed E-state index contributed by atoms with van der Waals surface area (Å²) in [6, 6.07) is 5.82. The minimum absolute atomic E-state index is 0.0571. The van der Waals surface area contributed by atoms with Crippen LogP contribution in [0, 0.1) is 6.92 Å². The third-order valence-corrected chi connectivity index (χ3v) is 3.41. The van der Waals surface area contributed by atoms with Crippen LogP contribution in [0.5, 0.6) is 0 Å². The number of nitrogens with two attached hydrogens (primary N) is 1. The van der Waals surface area contributed by atoms with Crippen molar-refractivity contribution in [3.8, 4) is 0 Å². The van der Waals surface area contributed by atoms with Crippen LogP contribution in [-0.2, 0) is 0 Å². The second-order valence-electron chi connectivity index (χ2n) is 5.34. The van der Waals surface area contributed by atoms with Crippen molar-refractivity contribution in [2.75, 3.05) is 12.3 Å². The summed E-state index contributed by atoms with van der Waals surface area (Å²) < 4.78 is 0. The van der Waals surface area contributed by atoms with Crippen molar-refractivity contribution in [3.63, 3.8) is 0 Å². The van der Waals surface area contributed by atoms with E-state index in [1.807, 2.05) is 24.0 Å². The molecule has 19 heavy (non-hydrogen) atoms. The van der Waals surface area contributed by atoms with Gasteiger partial charge in [-0.25, -0.2) is 0 Å². The zero-order valence-corrected chi connectivity index (χ0v) is 12.6. The fourth-order valence-corrected chi connectivity index (χ4v) is 2.25. The van der Waals surface area contributed by atoms with Gasteiger partial charge in [-0.2, -0.15) is 0 Å². The number of carbonyl (C=O) groups is 1. The van der Waals surface area contributed by atoms with Crippen LogP contribution in [0.25, 0.3) is 0 Å². The third kappa shape index (κ3) is 3.98. The van der Waals surface area contributed by atoms with E-state index in [9.17, 15) is 4.79 Å². The summed E-state index contributed by atoms with van der Waals surface area (Å²) in [7, 11) is 0. The van der Waals surface area contributed by atoms with Gasteiger partial charge < -0.3 is 10.6 Å². The summed E-state index contributed by atoms with van der Waals surface area (Å²) in [6.45, 7) is 9.02. The predicted octanol–water partition coefficient (Wildman–Crippen LogP) is 3.62. The van der Waals surface area contributed by atoms with E-state index in [1.165, 1.54) is 0 Å². The largest absolute Gasteiger partial charge is 0.398 e. The second kappa shape index (κ2) is 7.17. The fraction of sp³-hybridized carbons (Fsp3) is 0.562. The molecule has 1 aromatic carbocycles. The fourth-order valence-electron chi connectivity index (χ4n) is 2.25. The van der Waals surface area contributed by atoms with E-state index in [4.69, 9.17) is 5.73 Å². The summed E-state index contributed by atoms with van der Waals surface area (Å²) in [6.07, 6.45) is 3.36. The number of unbranched alkanes of at least 4 members (excludes halogenated alkanes) is 2. The second-order valence-corrected chi connectivity index (χ2v) is 5.34. The first kappa shape index (κ1) is 15.5. The standard InChI is InChI=1S/C16H26N2O/c1-5-6-7-11-18(12(2)3)16(19)15-13(4)9-8-10-14(15)17/h8-10,12H,5-7,11,17H2,1-4H3. The number of rotatable bonds is 6. The van der Waals surface area contributed by atoms with E-state index in [2.05, 4.69) is 20.8 Å². The Morgan fingerprint density at radius 2 is 2.00 bits per heavy atom. The maximum atomic E-state index is 12.7. The molecule has 0 aliphatic carbocycles. The molecule has 0 radical (unpaired) electrons. The van der Waals surface area contributed by atoms with Gasteiger partial charge in [-0.1, -0.05) is 31.9 Å². The Labute approximate surface area is 116 Å². The number of aryl methyl sites for hydroxylation is 1. The molecule has 0 atom stereocenters. The maximum absolute atomic E-state index is 12.7. The quantitative estimate of drug-likeness (QED) is 0.628. The average Bonchev–Trinajstić information content (AvgIpc) is 2.33. The Morgan fingerprint density at radius 3 is 2.53 bits per heavy atom. The topological polar surface area (TPSA) is 46.3 Å². The SMILES string of the molecule is CCCCCN(C(=O)c1c(C)cccc1N)C(C)C. The number of hydrogen-bond acceptors (Lipinski definition) is 2. The molecule has 0 aliphatic rings. The smallest absolute Gasteiger partial charge is 0.256 e. The van der Waals surface area contributed by atoms with Crippen molar-refractivity contribution in [2.45, 2.75) is 53.0 Å². The molecule has 0 saturated heterocycles. The minimum Gasteiger partial charge on any atom is -0.398 e. The van der Waals surface area contributed by atoms with Crippen molar-refractivity contribution in [1.29, 1.82) is 0 Å². The van der Waals surface area contributed by atoms with Crippen LogP contribution >= 0.6 is 0 Å². The third-order valence-electron chi connectivity index (χ3n) is 3.41. The van der Waals surface area contributed by atoms with Crippen molar-refractivity contribution in [3.05, 3.63) is 29.3 Å². The van der Waals surface area contributed by atoms with E-state index in [-0.39, 0.29) is 11.9 Å². The van der Waals surface area contributed by atoms with Crippen LogP contribution in [0.3, 0.4) is 0 Å². The van der Waals surface area contributed by atoms with Crippen molar-refractivity contribution >= 4 is 11.6 Å².